The summed E-state index contributed by atoms with van der Waals surface area (Å²) in [6.07, 6.45) is -0.861. The van der Waals surface area contributed by atoms with Gasteiger partial charge in [0.05, 0.1) is 18.9 Å². The van der Waals surface area contributed by atoms with E-state index in [1.807, 2.05) is 31.2 Å². The molecule has 0 bridgehead atoms. The van der Waals surface area contributed by atoms with E-state index in [1.165, 1.54) is 0 Å². The van der Waals surface area contributed by atoms with Gasteiger partial charge in [-0.3, -0.25) is 4.90 Å². The van der Waals surface area contributed by atoms with E-state index in [9.17, 15) is 5.11 Å². The standard InChI is InChI=1S/C17H24N2O5/c1-13(17-12-22-15-4-2-3-5-16(15)24-17)18-23-11-14(20)10-19-6-8-21-9-7-19/h2-5,14,17,20H,6-12H2,1H3/b18-13+. The number of hydrogen-bond acceptors (Lipinski definition) is 7. The first kappa shape index (κ1) is 17.0. The van der Waals surface area contributed by atoms with Crippen LogP contribution in [0.2, 0.25) is 0 Å². The third-order valence-electron chi connectivity index (χ3n) is 4.02. The minimum absolute atomic E-state index is 0.152. The van der Waals surface area contributed by atoms with Gasteiger partial charge in [0.25, 0.3) is 0 Å². The maximum Gasteiger partial charge on any atom is 0.174 e. The molecule has 1 fully saturated rings. The van der Waals surface area contributed by atoms with Crippen molar-refractivity contribution in [2.75, 3.05) is 46.1 Å². The van der Waals surface area contributed by atoms with Crippen molar-refractivity contribution >= 4 is 5.71 Å². The first-order valence-electron chi connectivity index (χ1n) is 8.25. The number of rotatable bonds is 6. The molecule has 3 rings (SSSR count). The van der Waals surface area contributed by atoms with Gasteiger partial charge >= 0.3 is 0 Å². The predicted octanol–water partition coefficient (Wildman–Crippen LogP) is 0.912. The topological polar surface area (TPSA) is 72.8 Å². The fourth-order valence-corrected chi connectivity index (χ4v) is 2.64. The Hall–Kier alpha value is -1.83. The number of β-amino-alcohol motifs (C(OH)–C–C–N with tert-alkyl or cyclic N) is 1. The SMILES string of the molecule is C/C(=N\OCC(O)CN1CCOCC1)C1COc2ccccc2O1. The molecule has 2 aliphatic heterocycles. The summed E-state index contributed by atoms with van der Waals surface area (Å²) in [5.41, 5.74) is 0.683. The fraction of sp³-hybridized carbons (Fsp3) is 0.588. The first-order chi connectivity index (χ1) is 11.7. The van der Waals surface area contributed by atoms with Gasteiger partial charge in [-0.2, -0.15) is 0 Å². The van der Waals surface area contributed by atoms with E-state index in [0.717, 1.165) is 18.8 Å². The lowest BCUT2D eigenvalue weighted by Crippen LogP contribution is -2.42. The Bertz CT molecular complexity index is 560. The monoisotopic (exact) mass is 336 g/mol. The highest BCUT2D eigenvalue weighted by atomic mass is 16.6. The molecule has 0 amide bonds. The Morgan fingerprint density at radius 2 is 2.08 bits per heavy atom. The molecule has 1 N–H and O–H groups in total. The molecule has 1 aromatic rings. The van der Waals surface area contributed by atoms with Crippen LogP contribution < -0.4 is 9.47 Å². The molecule has 0 aliphatic carbocycles. The minimum atomic E-state index is -0.580. The molecule has 24 heavy (non-hydrogen) atoms. The van der Waals surface area contributed by atoms with Crippen LogP contribution >= 0.6 is 0 Å². The predicted molar refractivity (Wildman–Crippen MR) is 88.7 cm³/mol. The van der Waals surface area contributed by atoms with Crippen LogP contribution in [-0.2, 0) is 9.57 Å². The van der Waals surface area contributed by atoms with E-state index in [2.05, 4.69) is 10.1 Å². The summed E-state index contributed by atoms with van der Waals surface area (Å²) >= 11 is 0. The number of benzene rings is 1. The average molecular weight is 336 g/mol. The molecule has 7 heteroatoms. The van der Waals surface area contributed by atoms with Gasteiger partial charge in [0.1, 0.15) is 19.3 Å². The zero-order chi connectivity index (χ0) is 16.8. The van der Waals surface area contributed by atoms with Crippen molar-refractivity contribution in [1.29, 1.82) is 0 Å². The first-order valence-corrected chi connectivity index (χ1v) is 8.25. The normalized spacial score (nSPS) is 22.9. The number of aliphatic hydroxyl groups is 1. The minimum Gasteiger partial charge on any atom is -0.485 e. The van der Waals surface area contributed by atoms with Crippen molar-refractivity contribution in [2.45, 2.75) is 19.1 Å². The van der Waals surface area contributed by atoms with Crippen LogP contribution in [0, 0.1) is 0 Å². The molecule has 2 aliphatic rings. The zero-order valence-electron chi connectivity index (χ0n) is 13.9. The molecule has 1 saturated heterocycles. The Balaban J connectivity index is 1.43. The van der Waals surface area contributed by atoms with Crippen molar-refractivity contribution in [3.63, 3.8) is 0 Å². The highest BCUT2D eigenvalue weighted by Crippen LogP contribution is 2.31. The van der Waals surface area contributed by atoms with Crippen LogP contribution in [0.1, 0.15) is 6.92 Å². The van der Waals surface area contributed by atoms with E-state index in [1.54, 1.807) is 0 Å². The van der Waals surface area contributed by atoms with Gasteiger partial charge in [0, 0.05) is 19.6 Å². The van der Waals surface area contributed by atoms with Crippen LogP contribution in [-0.4, -0.2) is 74.0 Å². The number of morpholine rings is 1. The number of aliphatic hydroxyl groups excluding tert-OH is 1. The number of fused-ring (bicyclic) bond motifs is 1. The molecule has 0 aromatic heterocycles. The molecule has 0 spiro atoms. The van der Waals surface area contributed by atoms with E-state index >= 15 is 0 Å². The maximum absolute atomic E-state index is 10.0. The third-order valence-corrected chi connectivity index (χ3v) is 4.02. The molecular weight excluding hydrogens is 312 g/mol. The van der Waals surface area contributed by atoms with Gasteiger partial charge in [0.15, 0.2) is 17.6 Å². The number of hydrogen-bond donors (Lipinski definition) is 1. The number of ether oxygens (including phenoxy) is 3. The summed E-state index contributed by atoms with van der Waals surface area (Å²) in [5.74, 6) is 1.44. The smallest absolute Gasteiger partial charge is 0.174 e. The Kier molecular flexibility index (Phi) is 5.90. The largest absolute Gasteiger partial charge is 0.485 e. The molecule has 2 unspecified atom stereocenters. The van der Waals surface area contributed by atoms with Crippen molar-refractivity contribution in [1.82, 2.24) is 4.90 Å². The van der Waals surface area contributed by atoms with E-state index < -0.39 is 6.10 Å². The van der Waals surface area contributed by atoms with Crippen LogP contribution in [0.25, 0.3) is 0 Å². The van der Waals surface area contributed by atoms with Crippen LogP contribution in [0.3, 0.4) is 0 Å². The molecule has 0 radical (unpaired) electrons. The van der Waals surface area contributed by atoms with Gasteiger partial charge in [-0.25, -0.2) is 0 Å². The third kappa shape index (κ3) is 4.59. The molecule has 7 nitrogen and oxygen atoms in total. The lowest BCUT2D eigenvalue weighted by Gasteiger charge is -2.28. The van der Waals surface area contributed by atoms with Crippen molar-refractivity contribution in [2.24, 2.45) is 5.16 Å². The summed E-state index contributed by atoms with van der Waals surface area (Å²) in [6.45, 7) is 6.05. The number of oxime groups is 1. The highest BCUT2D eigenvalue weighted by Gasteiger charge is 2.23. The Morgan fingerprint density at radius 3 is 2.88 bits per heavy atom. The molecule has 2 heterocycles. The lowest BCUT2D eigenvalue weighted by atomic mass is 10.2. The zero-order valence-corrected chi connectivity index (χ0v) is 13.9. The van der Waals surface area contributed by atoms with Crippen molar-refractivity contribution in [3.05, 3.63) is 24.3 Å². The average Bonchev–Trinajstić information content (AvgIpc) is 2.62. The van der Waals surface area contributed by atoms with Gasteiger partial charge < -0.3 is 24.2 Å². The van der Waals surface area contributed by atoms with Crippen LogP contribution in [0.5, 0.6) is 11.5 Å². The van der Waals surface area contributed by atoms with E-state index in [-0.39, 0.29) is 12.7 Å². The molecule has 0 saturated carbocycles. The van der Waals surface area contributed by atoms with E-state index in [0.29, 0.717) is 37.8 Å². The Morgan fingerprint density at radius 1 is 1.33 bits per heavy atom. The summed E-state index contributed by atoms with van der Waals surface area (Å²) in [7, 11) is 0. The van der Waals surface area contributed by atoms with Crippen molar-refractivity contribution in [3.8, 4) is 11.5 Å². The fourth-order valence-electron chi connectivity index (χ4n) is 2.64. The van der Waals surface area contributed by atoms with Crippen LogP contribution in [0.4, 0.5) is 0 Å². The molecule has 132 valence electrons. The van der Waals surface area contributed by atoms with Gasteiger partial charge in [-0.15, -0.1) is 0 Å². The number of nitrogens with zero attached hydrogens (tertiary/aromatic N) is 2. The highest BCUT2D eigenvalue weighted by molar-refractivity contribution is 5.86. The second-order valence-electron chi connectivity index (χ2n) is 5.96. The van der Waals surface area contributed by atoms with Gasteiger partial charge in [-0.05, 0) is 19.1 Å². The second-order valence-corrected chi connectivity index (χ2v) is 5.96. The van der Waals surface area contributed by atoms with Crippen molar-refractivity contribution < 1.29 is 24.2 Å². The lowest BCUT2D eigenvalue weighted by molar-refractivity contribution is -0.0137. The second kappa shape index (κ2) is 8.32. The molecular formula is C17H24N2O5. The molecule has 1 aromatic carbocycles. The van der Waals surface area contributed by atoms with Gasteiger partial charge in [-0.1, -0.05) is 17.3 Å². The summed E-state index contributed by atoms with van der Waals surface area (Å²) in [4.78, 5) is 7.44. The summed E-state index contributed by atoms with van der Waals surface area (Å²) in [5, 5.41) is 14.1. The summed E-state index contributed by atoms with van der Waals surface area (Å²) < 4.78 is 16.8. The quantitative estimate of drug-likeness (QED) is 0.615. The summed E-state index contributed by atoms with van der Waals surface area (Å²) in [6, 6.07) is 7.54. The van der Waals surface area contributed by atoms with Crippen LogP contribution in [0.15, 0.2) is 29.4 Å². The van der Waals surface area contributed by atoms with Gasteiger partial charge in [0.2, 0.25) is 0 Å². The molecule has 2 atom stereocenters. The van der Waals surface area contributed by atoms with E-state index in [4.69, 9.17) is 19.0 Å². The Labute approximate surface area is 141 Å². The number of para-hydroxylation sites is 2. The maximum atomic E-state index is 10.0.